The van der Waals surface area contributed by atoms with Crippen LogP contribution in [0.2, 0.25) is 0 Å². The molecule has 0 saturated heterocycles. The summed E-state index contributed by atoms with van der Waals surface area (Å²) < 4.78 is 14.4. The zero-order valence-electron chi connectivity index (χ0n) is 11.1. The molecule has 0 spiro atoms. The fourth-order valence-electron chi connectivity index (χ4n) is 2.14. The normalized spacial score (nSPS) is 9.48. The lowest BCUT2D eigenvalue weighted by Crippen LogP contribution is -2.04. The number of nitrogens with zero attached hydrogens (tertiary/aromatic N) is 5. The van der Waals surface area contributed by atoms with E-state index in [1.165, 1.54) is 0 Å². The largest absolute Gasteiger partial charge is 0.250 e. The minimum absolute atomic E-state index is 0.0175. The van der Waals surface area contributed by atoms with Gasteiger partial charge in [-0.15, -0.1) is 0 Å². The van der Waals surface area contributed by atoms with Gasteiger partial charge in [-0.3, -0.25) is 0 Å². The summed E-state index contributed by atoms with van der Waals surface area (Å²) in [5, 5.41) is 36.7. The van der Waals surface area contributed by atoms with Crippen LogP contribution in [-0.4, -0.2) is 4.98 Å². The molecule has 0 bridgehead atoms. The van der Waals surface area contributed by atoms with Crippen molar-refractivity contribution >= 4 is 10.9 Å². The summed E-state index contributed by atoms with van der Waals surface area (Å²) >= 11 is 0. The lowest BCUT2D eigenvalue weighted by molar-refractivity contribution is 0.632. The van der Waals surface area contributed by atoms with Gasteiger partial charge in [-0.25, -0.2) is 9.37 Å². The highest BCUT2D eigenvalue weighted by Crippen LogP contribution is 2.32. The second-order valence-corrected chi connectivity index (χ2v) is 4.31. The molecule has 0 aliphatic heterocycles. The topological polar surface area (TPSA) is 108 Å². The Labute approximate surface area is 119 Å². The minimum atomic E-state index is -0.984. The summed E-state index contributed by atoms with van der Waals surface area (Å²) in [6, 6.07) is 6.95. The summed E-state index contributed by atoms with van der Waals surface area (Å²) in [6.45, 7) is 3.23. The Morgan fingerprint density at radius 1 is 0.810 bits per heavy atom. The molecule has 0 aliphatic rings. The van der Waals surface area contributed by atoms with Gasteiger partial charge in [0.1, 0.15) is 35.4 Å². The number of nitriles is 4. The first-order valence-corrected chi connectivity index (χ1v) is 5.78. The van der Waals surface area contributed by atoms with Crippen molar-refractivity contribution in [3.05, 3.63) is 39.3 Å². The van der Waals surface area contributed by atoms with E-state index in [1.54, 1.807) is 32.1 Å². The van der Waals surface area contributed by atoms with Crippen LogP contribution in [0.25, 0.3) is 10.9 Å². The molecule has 0 N–H and O–H groups in total. The van der Waals surface area contributed by atoms with Crippen LogP contribution < -0.4 is 0 Å². The Morgan fingerprint density at radius 2 is 1.33 bits per heavy atom. The predicted molar refractivity (Wildman–Crippen MR) is 70.0 cm³/mol. The van der Waals surface area contributed by atoms with Crippen LogP contribution in [0, 0.1) is 65.0 Å². The lowest BCUT2D eigenvalue weighted by atomic mass is 9.92. The van der Waals surface area contributed by atoms with Gasteiger partial charge in [0.2, 0.25) is 0 Å². The number of aromatic nitrogens is 1. The van der Waals surface area contributed by atoms with Crippen molar-refractivity contribution in [2.45, 2.75) is 13.8 Å². The van der Waals surface area contributed by atoms with E-state index in [2.05, 4.69) is 4.98 Å². The van der Waals surface area contributed by atoms with Crippen molar-refractivity contribution in [3.63, 3.8) is 0 Å². The van der Waals surface area contributed by atoms with E-state index in [1.807, 2.05) is 6.07 Å². The Hall–Kier alpha value is -3.48. The average Bonchev–Trinajstić information content (AvgIpc) is 2.49. The molecular weight excluding hydrogens is 269 g/mol. The fourth-order valence-corrected chi connectivity index (χ4v) is 2.14. The number of benzene rings is 1. The van der Waals surface area contributed by atoms with E-state index in [0.717, 1.165) is 0 Å². The third-order valence-electron chi connectivity index (χ3n) is 3.31. The van der Waals surface area contributed by atoms with Gasteiger partial charge in [-0.1, -0.05) is 0 Å². The molecular formula is C15H6FN5. The van der Waals surface area contributed by atoms with Gasteiger partial charge in [0, 0.05) is 11.1 Å². The van der Waals surface area contributed by atoms with Crippen molar-refractivity contribution in [2.24, 2.45) is 0 Å². The first-order valence-electron chi connectivity index (χ1n) is 5.78. The van der Waals surface area contributed by atoms with Crippen molar-refractivity contribution in [3.8, 4) is 24.3 Å². The molecule has 1 aromatic heterocycles. The van der Waals surface area contributed by atoms with E-state index in [4.69, 9.17) is 10.5 Å². The molecule has 0 fully saturated rings. The number of halogens is 1. The molecule has 5 nitrogen and oxygen atoms in total. The smallest absolute Gasteiger partial charge is 0.168 e. The van der Waals surface area contributed by atoms with Crippen molar-refractivity contribution < 1.29 is 4.39 Å². The van der Waals surface area contributed by atoms with Gasteiger partial charge in [0.15, 0.2) is 5.82 Å². The van der Waals surface area contributed by atoms with Crippen LogP contribution in [0.1, 0.15) is 33.5 Å². The van der Waals surface area contributed by atoms with Crippen LogP contribution >= 0.6 is 0 Å². The van der Waals surface area contributed by atoms with Crippen LogP contribution in [0.4, 0.5) is 4.39 Å². The van der Waals surface area contributed by atoms with E-state index in [0.29, 0.717) is 11.3 Å². The SMILES string of the molecule is Cc1nc2c(F)c(C#N)c(C#N)c(C#N)c2c(C#N)c1C. The van der Waals surface area contributed by atoms with Gasteiger partial charge in [0.25, 0.3) is 0 Å². The first-order chi connectivity index (χ1) is 10.0. The van der Waals surface area contributed by atoms with Crippen molar-refractivity contribution in [1.29, 1.82) is 21.0 Å². The number of pyridine rings is 1. The van der Waals surface area contributed by atoms with Crippen LogP contribution in [0.5, 0.6) is 0 Å². The fraction of sp³-hybridized carbons (Fsp3) is 0.133. The Kier molecular flexibility index (Phi) is 3.25. The minimum Gasteiger partial charge on any atom is -0.250 e. The molecule has 98 valence electrons. The van der Waals surface area contributed by atoms with Gasteiger partial charge >= 0.3 is 0 Å². The third kappa shape index (κ3) is 1.76. The highest BCUT2D eigenvalue weighted by Gasteiger charge is 2.24. The predicted octanol–water partition coefficient (Wildman–Crippen LogP) is 2.48. The molecule has 1 aromatic carbocycles. The van der Waals surface area contributed by atoms with Crippen molar-refractivity contribution in [1.82, 2.24) is 4.98 Å². The maximum Gasteiger partial charge on any atom is 0.168 e. The zero-order chi connectivity index (χ0) is 15.7. The summed E-state index contributed by atoms with van der Waals surface area (Å²) in [5.41, 5.74) is -0.300. The molecule has 0 unspecified atom stereocenters. The highest BCUT2D eigenvalue weighted by atomic mass is 19.1. The summed E-state index contributed by atoms with van der Waals surface area (Å²) in [4.78, 5) is 4.04. The first kappa shape index (κ1) is 13.9. The average molecular weight is 275 g/mol. The number of rotatable bonds is 0. The number of hydrogen-bond acceptors (Lipinski definition) is 5. The van der Waals surface area contributed by atoms with E-state index < -0.39 is 11.4 Å². The van der Waals surface area contributed by atoms with Crippen LogP contribution in [-0.2, 0) is 0 Å². The molecule has 2 rings (SSSR count). The summed E-state index contributed by atoms with van der Waals surface area (Å²) in [5.74, 6) is -0.984. The zero-order valence-corrected chi connectivity index (χ0v) is 11.1. The second kappa shape index (κ2) is 4.89. The van der Waals surface area contributed by atoms with E-state index in [-0.39, 0.29) is 27.6 Å². The standard InChI is InChI=1S/C15H6FN5/c1-7-8(2)21-15-13(9(7)3-17)11(5-19)10(4-18)12(6-20)14(15)16/h1-2H3. The third-order valence-corrected chi connectivity index (χ3v) is 3.31. The van der Waals surface area contributed by atoms with Crippen molar-refractivity contribution in [2.75, 3.05) is 0 Å². The summed E-state index contributed by atoms with van der Waals surface area (Å²) in [7, 11) is 0. The Bertz CT molecular complexity index is 962. The monoisotopic (exact) mass is 275 g/mol. The van der Waals surface area contributed by atoms with Gasteiger partial charge in [-0.05, 0) is 19.4 Å². The van der Waals surface area contributed by atoms with Gasteiger partial charge < -0.3 is 0 Å². The molecule has 0 atom stereocenters. The quantitative estimate of drug-likeness (QED) is 0.733. The Balaban J connectivity index is 3.32. The van der Waals surface area contributed by atoms with Crippen LogP contribution in [0.15, 0.2) is 0 Å². The van der Waals surface area contributed by atoms with E-state index >= 15 is 0 Å². The molecule has 21 heavy (non-hydrogen) atoms. The van der Waals surface area contributed by atoms with Crippen LogP contribution in [0.3, 0.4) is 0 Å². The molecule has 0 saturated carbocycles. The second-order valence-electron chi connectivity index (χ2n) is 4.31. The van der Waals surface area contributed by atoms with Gasteiger partial charge in [-0.2, -0.15) is 21.0 Å². The molecule has 0 radical (unpaired) electrons. The molecule has 2 aromatic rings. The maximum absolute atomic E-state index is 14.4. The number of hydrogen-bond donors (Lipinski definition) is 0. The Morgan fingerprint density at radius 3 is 1.81 bits per heavy atom. The number of aryl methyl sites for hydroxylation is 1. The molecule has 6 heteroatoms. The maximum atomic E-state index is 14.4. The van der Waals surface area contributed by atoms with Gasteiger partial charge in [0.05, 0.1) is 16.7 Å². The number of fused-ring (bicyclic) bond motifs is 1. The highest BCUT2D eigenvalue weighted by molar-refractivity contribution is 5.95. The lowest BCUT2D eigenvalue weighted by Gasteiger charge is -2.11. The van der Waals surface area contributed by atoms with E-state index in [9.17, 15) is 14.9 Å². The molecule has 0 aliphatic carbocycles. The molecule has 0 amide bonds. The summed E-state index contributed by atoms with van der Waals surface area (Å²) in [6.07, 6.45) is 0. The molecule has 1 heterocycles.